The maximum absolute atomic E-state index is 14.8. The van der Waals surface area contributed by atoms with Gasteiger partial charge in [-0.2, -0.15) is 0 Å². The van der Waals surface area contributed by atoms with E-state index in [1.807, 2.05) is 0 Å². The molecular weight excluding hydrogens is 445 g/mol. The first kappa shape index (κ1) is 22.5. The highest BCUT2D eigenvalue weighted by Crippen LogP contribution is 2.31. The molecule has 0 aliphatic heterocycles. The number of nitrogens with one attached hydrogen (secondary N) is 2. The van der Waals surface area contributed by atoms with Crippen molar-refractivity contribution in [3.05, 3.63) is 106 Å². The van der Waals surface area contributed by atoms with Gasteiger partial charge < -0.3 is 10.6 Å². The van der Waals surface area contributed by atoms with Crippen LogP contribution < -0.4 is 16.2 Å². The lowest BCUT2D eigenvalue weighted by Crippen LogP contribution is -2.42. The van der Waals surface area contributed by atoms with Gasteiger partial charge in [0.15, 0.2) is 0 Å². The third-order valence-electron chi connectivity index (χ3n) is 5.57. The zero-order chi connectivity index (χ0) is 23.5. The number of pyridine rings is 1. The van der Waals surface area contributed by atoms with Gasteiger partial charge in [-0.3, -0.25) is 19.0 Å². The summed E-state index contributed by atoms with van der Waals surface area (Å²) in [5.41, 5.74) is 1.25. The third kappa shape index (κ3) is 5.04. The Morgan fingerprint density at radius 3 is 2.52 bits per heavy atom. The van der Waals surface area contributed by atoms with Crippen molar-refractivity contribution in [1.82, 2.24) is 9.88 Å². The summed E-state index contributed by atoms with van der Waals surface area (Å²) in [5, 5.41) is 6.15. The molecule has 8 heteroatoms. The molecule has 0 bridgehead atoms. The molecule has 2 N–H and O–H groups in total. The molecule has 1 heterocycles. The second-order valence-electron chi connectivity index (χ2n) is 7.91. The standard InChI is InChI=1S/C25H21ClFN3O3/c1-15-12-20(25(33)28-17-7-5-16(26)6-8-17)22(13-15)29-24(32)19-10-9-18(14-21(19)27)30-11-3-2-4-23(30)31/h2-11,14,20,22H,1,12-13H2,(H,28,33)(H,29,32)/t20-,22+/m1/s1. The van der Waals surface area contributed by atoms with E-state index >= 15 is 0 Å². The van der Waals surface area contributed by atoms with Crippen LogP contribution in [-0.2, 0) is 4.79 Å². The smallest absolute Gasteiger partial charge is 0.255 e. The average molecular weight is 466 g/mol. The highest BCUT2D eigenvalue weighted by molar-refractivity contribution is 6.30. The van der Waals surface area contributed by atoms with Crippen molar-refractivity contribution in [2.75, 3.05) is 5.32 Å². The van der Waals surface area contributed by atoms with Gasteiger partial charge in [-0.15, -0.1) is 0 Å². The van der Waals surface area contributed by atoms with E-state index in [1.54, 1.807) is 36.4 Å². The summed E-state index contributed by atoms with van der Waals surface area (Å²) >= 11 is 5.88. The fourth-order valence-corrected chi connectivity index (χ4v) is 4.04. The number of anilines is 1. The molecule has 2 aromatic carbocycles. The van der Waals surface area contributed by atoms with Crippen molar-refractivity contribution in [3.63, 3.8) is 0 Å². The summed E-state index contributed by atoms with van der Waals surface area (Å²) in [7, 11) is 0. The van der Waals surface area contributed by atoms with Gasteiger partial charge in [-0.25, -0.2) is 4.39 Å². The minimum absolute atomic E-state index is 0.169. The van der Waals surface area contributed by atoms with Gasteiger partial charge in [0, 0.05) is 29.0 Å². The number of rotatable bonds is 5. The number of hydrogen-bond donors (Lipinski definition) is 2. The van der Waals surface area contributed by atoms with Crippen molar-refractivity contribution in [1.29, 1.82) is 0 Å². The third-order valence-corrected chi connectivity index (χ3v) is 5.82. The van der Waals surface area contributed by atoms with Crippen molar-refractivity contribution < 1.29 is 14.0 Å². The zero-order valence-corrected chi connectivity index (χ0v) is 18.3. The highest BCUT2D eigenvalue weighted by atomic mass is 35.5. The van der Waals surface area contributed by atoms with Crippen LogP contribution >= 0.6 is 11.6 Å². The lowest BCUT2D eigenvalue weighted by atomic mass is 10.0. The molecule has 1 aromatic heterocycles. The van der Waals surface area contributed by atoms with Gasteiger partial charge in [0.2, 0.25) is 5.91 Å². The molecule has 6 nitrogen and oxygen atoms in total. The molecule has 3 aromatic rings. The number of amides is 2. The summed E-state index contributed by atoms with van der Waals surface area (Å²) in [5.74, 6) is -2.20. The lowest BCUT2D eigenvalue weighted by Gasteiger charge is -2.20. The van der Waals surface area contributed by atoms with Crippen LogP contribution in [0.1, 0.15) is 23.2 Å². The molecule has 0 spiro atoms. The van der Waals surface area contributed by atoms with Gasteiger partial charge in [0.25, 0.3) is 11.5 Å². The number of halogens is 2. The van der Waals surface area contributed by atoms with Crippen LogP contribution in [0.15, 0.2) is 83.8 Å². The van der Waals surface area contributed by atoms with Crippen LogP contribution in [-0.4, -0.2) is 22.4 Å². The predicted molar refractivity (Wildman–Crippen MR) is 125 cm³/mol. The molecular formula is C25H21ClFN3O3. The molecule has 2 atom stereocenters. The number of aromatic nitrogens is 1. The zero-order valence-electron chi connectivity index (χ0n) is 17.6. The van der Waals surface area contributed by atoms with E-state index in [-0.39, 0.29) is 17.0 Å². The number of carbonyl (C=O) groups excluding carboxylic acids is 2. The van der Waals surface area contributed by atoms with Gasteiger partial charge >= 0.3 is 0 Å². The van der Waals surface area contributed by atoms with Crippen LogP contribution in [0.5, 0.6) is 0 Å². The molecule has 4 rings (SSSR count). The first-order valence-corrected chi connectivity index (χ1v) is 10.7. The maximum atomic E-state index is 14.8. The van der Waals surface area contributed by atoms with Gasteiger partial charge in [-0.1, -0.05) is 29.8 Å². The minimum Gasteiger partial charge on any atom is -0.348 e. The van der Waals surface area contributed by atoms with Gasteiger partial charge in [0.05, 0.1) is 17.2 Å². The largest absolute Gasteiger partial charge is 0.348 e. The second-order valence-corrected chi connectivity index (χ2v) is 8.35. The van der Waals surface area contributed by atoms with E-state index in [0.29, 0.717) is 29.2 Å². The van der Waals surface area contributed by atoms with Crippen LogP contribution in [0.25, 0.3) is 5.69 Å². The molecule has 1 aliphatic rings. The molecule has 1 aliphatic carbocycles. The van der Waals surface area contributed by atoms with Crippen molar-refractivity contribution in [3.8, 4) is 5.69 Å². The fourth-order valence-electron chi connectivity index (χ4n) is 3.91. The van der Waals surface area contributed by atoms with Gasteiger partial charge in [-0.05, 0) is 61.4 Å². The van der Waals surface area contributed by atoms with Crippen LogP contribution in [0, 0.1) is 11.7 Å². The Labute approximate surface area is 194 Å². The fraction of sp³-hybridized carbons (Fsp3) is 0.160. The summed E-state index contributed by atoms with van der Waals surface area (Å²) in [6, 6.07) is 14.7. The maximum Gasteiger partial charge on any atom is 0.255 e. The Bertz CT molecular complexity index is 1290. The molecule has 0 saturated heterocycles. The average Bonchev–Trinajstić information content (AvgIpc) is 3.15. The molecule has 1 saturated carbocycles. The Kier molecular flexibility index (Phi) is 6.42. The lowest BCUT2D eigenvalue weighted by molar-refractivity contribution is -0.120. The Balaban J connectivity index is 1.49. The Morgan fingerprint density at radius 2 is 1.82 bits per heavy atom. The molecule has 0 unspecified atom stereocenters. The molecule has 33 heavy (non-hydrogen) atoms. The monoisotopic (exact) mass is 465 g/mol. The van der Waals surface area contributed by atoms with E-state index < -0.39 is 23.7 Å². The van der Waals surface area contributed by atoms with Crippen molar-refractivity contribution in [2.45, 2.75) is 18.9 Å². The quantitative estimate of drug-likeness (QED) is 0.550. The second kappa shape index (κ2) is 9.42. The van der Waals surface area contributed by atoms with Crippen molar-refractivity contribution >= 4 is 29.1 Å². The first-order valence-electron chi connectivity index (χ1n) is 10.3. The summed E-state index contributed by atoms with van der Waals surface area (Å²) in [6.07, 6.45) is 2.36. The summed E-state index contributed by atoms with van der Waals surface area (Å²) in [4.78, 5) is 37.6. The minimum atomic E-state index is -0.764. The van der Waals surface area contributed by atoms with E-state index in [4.69, 9.17) is 11.6 Å². The molecule has 168 valence electrons. The predicted octanol–water partition coefficient (Wildman–Crippen LogP) is 4.33. The van der Waals surface area contributed by atoms with Crippen LogP contribution in [0.3, 0.4) is 0 Å². The topological polar surface area (TPSA) is 80.2 Å². The van der Waals surface area contributed by atoms with Gasteiger partial charge in [0.1, 0.15) is 5.82 Å². The molecule has 1 fully saturated rings. The number of benzene rings is 2. The Morgan fingerprint density at radius 1 is 1.06 bits per heavy atom. The summed E-state index contributed by atoms with van der Waals surface area (Å²) in [6.45, 7) is 3.95. The number of nitrogens with zero attached hydrogens (tertiary/aromatic N) is 1. The molecule has 2 amide bonds. The summed E-state index contributed by atoms with van der Waals surface area (Å²) < 4.78 is 16.0. The SMILES string of the molecule is C=C1C[C@H](NC(=O)c2ccc(-n3ccccc3=O)cc2F)[C@H](C(=O)Nc2ccc(Cl)cc2)C1. The van der Waals surface area contributed by atoms with Crippen LogP contribution in [0.4, 0.5) is 10.1 Å². The number of carbonyl (C=O) groups is 2. The highest BCUT2D eigenvalue weighted by Gasteiger charge is 2.36. The normalized spacial score (nSPS) is 17.6. The van der Waals surface area contributed by atoms with E-state index in [0.717, 1.165) is 11.6 Å². The molecule has 0 radical (unpaired) electrons. The van der Waals surface area contributed by atoms with E-state index in [1.165, 1.54) is 29.0 Å². The van der Waals surface area contributed by atoms with E-state index in [2.05, 4.69) is 17.2 Å². The van der Waals surface area contributed by atoms with E-state index in [9.17, 15) is 18.8 Å². The number of hydrogen-bond acceptors (Lipinski definition) is 3. The first-order chi connectivity index (χ1) is 15.8. The van der Waals surface area contributed by atoms with Crippen molar-refractivity contribution in [2.24, 2.45) is 5.92 Å². The van der Waals surface area contributed by atoms with Crippen LogP contribution in [0.2, 0.25) is 5.02 Å². The Hall–Kier alpha value is -3.71.